The Morgan fingerprint density at radius 1 is 1.37 bits per heavy atom. The average Bonchev–Trinajstić information content (AvgIpc) is 2.42. The summed E-state index contributed by atoms with van der Waals surface area (Å²) in [6, 6.07) is 6.88. The number of nitrogens with one attached hydrogen (secondary N) is 1. The molecule has 0 radical (unpaired) electrons. The third kappa shape index (κ3) is 3.17. The van der Waals surface area contributed by atoms with E-state index in [1.807, 2.05) is 0 Å². The Morgan fingerprint density at radius 2 is 2.05 bits per heavy atom. The third-order valence-corrected chi connectivity index (χ3v) is 2.86. The molecule has 1 aliphatic heterocycles. The second kappa shape index (κ2) is 5.62. The number of amides is 2. The molecule has 0 spiro atoms. The van der Waals surface area contributed by atoms with Crippen molar-refractivity contribution < 1.29 is 14.7 Å². The molecule has 0 aliphatic carbocycles. The summed E-state index contributed by atoms with van der Waals surface area (Å²) in [5.41, 5.74) is 1.75. The van der Waals surface area contributed by atoms with Crippen molar-refractivity contribution in [3.63, 3.8) is 0 Å². The maximum Gasteiger partial charge on any atom is 0.271 e. The quantitative estimate of drug-likeness (QED) is 0.841. The third-order valence-electron chi connectivity index (χ3n) is 2.86. The highest BCUT2D eigenvalue weighted by Gasteiger charge is 2.21. The van der Waals surface area contributed by atoms with E-state index in [2.05, 4.69) is 10.4 Å². The molecule has 0 aromatic heterocycles. The van der Waals surface area contributed by atoms with Gasteiger partial charge in [-0.25, -0.2) is 5.01 Å². The van der Waals surface area contributed by atoms with Gasteiger partial charge >= 0.3 is 0 Å². The van der Waals surface area contributed by atoms with Gasteiger partial charge in [0.25, 0.3) is 5.91 Å². The normalized spacial score (nSPS) is 15.2. The predicted octanol–water partition coefficient (Wildman–Crippen LogP) is 0.726. The lowest BCUT2D eigenvalue weighted by Gasteiger charge is -2.18. The van der Waals surface area contributed by atoms with Gasteiger partial charge in [-0.1, -0.05) is 12.1 Å². The topological polar surface area (TPSA) is 82.0 Å². The number of benzene rings is 1. The minimum absolute atomic E-state index is 0.0339. The molecule has 2 N–H and O–H groups in total. The summed E-state index contributed by atoms with van der Waals surface area (Å²) in [5.74, 6) is -0.403. The van der Waals surface area contributed by atoms with Crippen molar-refractivity contribution in [2.24, 2.45) is 5.10 Å². The molecule has 0 fully saturated rings. The number of nitrogens with zero attached hydrogens (tertiary/aromatic N) is 2. The van der Waals surface area contributed by atoms with Crippen LogP contribution < -0.4 is 5.32 Å². The van der Waals surface area contributed by atoms with Crippen LogP contribution in [-0.2, 0) is 16.2 Å². The molecule has 1 aliphatic rings. The van der Waals surface area contributed by atoms with Crippen molar-refractivity contribution in [1.82, 2.24) is 5.01 Å². The van der Waals surface area contributed by atoms with Gasteiger partial charge in [0.05, 0.1) is 6.61 Å². The second-order valence-corrected chi connectivity index (χ2v) is 4.27. The first-order chi connectivity index (χ1) is 9.10. The Labute approximate surface area is 110 Å². The van der Waals surface area contributed by atoms with Crippen LogP contribution in [0.15, 0.2) is 29.4 Å². The molecular weight excluding hydrogens is 246 g/mol. The number of aliphatic hydroxyl groups is 1. The Morgan fingerprint density at radius 3 is 2.63 bits per heavy atom. The molecular formula is C13H15N3O3. The van der Waals surface area contributed by atoms with Crippen LogP contribution in [0.5, 0.6) is 0 Å². The number of rotatable bonds is 3. The van der Waals surface area contributed by atoms with Crippen molar-refractivity contribution in [2.45, 2.75) is 19.4 Å². The number of carbonyl (C=O) groups is 2. The fourth-order valence-electron chi connectivity index (χ4n) is 1.73. The molecule has 1 aromatic carbocycles. The monoisotopic (exact) mass is 261 g/mol. The Hall–Kier alpha value is -2.21. The van der Waals surface area contributed by atoms with Gasteiger partial charge in [0, 0.05) is 25.6 Å². The van der Waals surface area contributed by atoms with E-state index < -0.39 is 0 Å². The molecule has 0 unspecified atom stereocenters. The van der Waals surface area contributed by atoms with E-state index in [1.54, 1.807) is 24.3 Å². The molecule has 6 heteroatoms. The molecule has 0 atom stereocenters. The smallest absolute Gasteiger partial charge is 0.271 e. The first-order valence-corrected chi connectivity index (χ1v) is 5.95. The predicted molar refractivity (Wildman–Crippen MR) is 70.4 cm³/mol. The summed E-state index contributed by atoms with van der Waals surface area (Å²) in [6.45, 7) is -0.0339. The maximum atomic E-state index is 11.9. The zero-order valence-corrected chi connectivity index (χ0v) is 10.6. The van der Waals surface area contributed by atoms with Crippen LogP contribution in [0, 0.1) is 0 Å². The zero-order valence-electron chi connectivity index (χ0n) is 10.6. The molecule has 1 aromatic rings. The number of anilines is 1. The van der Waals surface area contributed by atoms with Crippen molar-refractivity contribution in [3.8, 4) is 0 Å². The highest BCUT2D eigenvalue weighted by Crippen LogP contribution is 2.12. The van der Waals surface area contributed by atoms with Crippen LogP contribution in [0.4, 0.5) is 5.69 Å². The Balaban J connectivity index is 2.04. The fourth-order valence-corrected chi connectivity index (χ4v) is 1.73. The number of carbonyl (C=O) groups excluding carboxylic acids is 2. The largest absolute Gasteiger partial charge is 0.392 e. The molecule has 100 valence electrons. The molecule has 0 bridgehead atoms. The van der Waals surface area contributed by atoms with Crippen LogP contribution >= 0.6 is 0 Å². The van der Waals surface area contributed by atoms with Crippen LogP contribution in [-0.4, -0.2) is 34.7 Å². The van der Waals surface area contributed by atoms with Crippen LogP contribution in [0.2, 0.25) is 0 Å². The van der Waals surface area contributed by atoms with E-state index in [1.165, 1.54) is 12.1 Å². The van der Waals surface area contributed by atoms with Gasteiger partial charge in [0.15, 0.2) is 0 Å². The van der Waals surface area contributed by atoms with Gasteiger partial charge in [-0.05, 0) is 17.7 Å². The SMILES string of the molecule is CN1N=C(C(=O)Nc2ccc(CO)cc2)CCC1=O. The van der Waals surface area contributed by atoms with E-state index in [0.717, 1.165) is 5.56 Å². The maximum absolute atomic E-state index is 11.9. The molecule has 2 rings (SSSR count). The fraction of sp³-hybridized carbons (Fsp3) is 0.308. The Kier molecular flexibility index (Phi) is 3.91. The summed E-state index contributed by atoms with van der Waals surface area (Å²) in [6.07, 6.45) is 0.649. The van der Waals surface area contributed by atoms with Gasteiger partial charge in [0.2, 0.25) is 5.91 Å². The van der Waals surface area contributed by atoms with Gasteiger partial charge in [-0.15, -0.1) is 0 Å². The number of hydrogen-bond acceptors (Lipinski definition) is 4. The Bertz CT molecular complexity index is 522. The van der Waals surface area contributed by atoms with Crippen molar-refractivity contribution in [3.05, 3.63) is 29.8 Å². The summed E-state index contributed by atoms with van der Waals surface area (Å²) >= 11 is 0. The lowest BCUT2D eigenvalue weighted by Crippen LogP contribution is -2.34. The number of hydrazone groups is 1. The van der Waals surface area contributed by atoms with E-state index in [0.29, 0.717) is 24.2 Å². The van der Waals surface area contributed by atoms with Gasteiger partial charge < -0.3 is 10.4 Å². The van der Waals surface area contributed by atoms with Crippen LogP contribution in [0.1, 0.15) is 18.4 Å². The van der Waals surface area contributed by atoms with Crippen molar-refractivity contribution in [2.75, 3.05) is 12.4 Å². The van der Waals surface area contributed by atoms with Gasteiger partial charge in [-0.2, -0.15) is 5.10 Å². The number of hydrogen-bond donors (Lipinski definition) is 2. The first kappa shape index (κ1) is 13.2. The molecule has 19 heavy (non-hydrogen) atoms. The summed E-state index contributed by atoms with van der Waals surface area (Å²) in [7, 11) is 1.53. The van der Waals surface area contributed by atoms with Crippen molar-refractivity contribution in [1.29, 1.82) is 0 Å². The standard InChI is InChI=1S/C13H15N3O3/c1-16-12(18)7-6-11(15-16)13(19)14-10-4-2-9(8-17)3-5-10/h2-5,17H,6-8H2,1H3,(H,14,19). The molecule has 6 nitrogen and oxygen atoms in total. The van der Waals surface area contributed by atoms with Crippen LogP contribution in [0.3, 0.4) is 0 Å². The lowest BCUT2D eigenvalue weighted by atomic mass is 10.1. The molecule has 0 saturated heterocycles. The zero-order chi connectivity index (χ0) is 13.8. The van der Waals surface area contributed by atoms with E-state index in [9.17, 15) is 9.59 Å². The molecule has 0 saturated carbocycles. The van der Waals surface area contributed by atoms with Crippen molar-refractivity contribution >= 4 is 23.2 Å². The highest BCUT2D eigenvalue weighted by molar-refractivity contribution is 6.43. The average molecular weight is 261 g/mol. The number of aliphatic hydroxyl groups excluding tert-OH is 1. The first-order valence-electron chi connectivity index (χ1n) is 5.95. The molecule has 1 heterocycles. The van der Waals surface area contributed by atoms with Gasteiger partial charge in [0.1, 0.15) is 5.71 Å². The minimum atomic E-state index is -0.309. The summed E-state index contributed by atoms with van der Waals surface area (Å²) < 4.78 is 0. The minimum Gasteiger partial charge on any atom is -0.392 e. The van der Waals surface area contributed by atoms with E-state index in [4.69, 9.17) is 5.11 Å². The highest BCUT2D eigenvalue weighted by atomic mass is 16.3. The van der Waals surface area contributed by atoms with E-state index >= 15 is 0 Å². The lowest BCUT2D eigenvalue weighted by molar-refractivity contribution is -0.130. The van der Waals surface area contributed by atoms with Gasteiger partial charge in [-0.3, -0.25) is 9.59 Å². The van der Waals surface area contributed by atoms with Crippen LogP contribution in [0.25, 0.3) is 0 Å². The summed E-state index contributed by atoms with van der Waals surface area (Å²) in [5, 5.41) is 16.8. The van der Waals surface area contributed by atoms with E-state index in [-0.39, 0.29) is 18.4 Å². The summed E-state index contributed by atoms with van der Waals surface area (Å²) in [4.78, 5) is 23.2. The second-order valence-electron chi connectivity index (χ2n) is 4.27. The molecule has 2 amide bonds.